The van der Waals surface area contributed by atoms with E-state index in [9.17, 15) is 0 Å². The van der Waals surface area contributed by atoms with Crippen molar-refractivity contribution in [3.8, 4) is 50.8 Å². The van der Waals surface area contributed by atoms with Crippen LogP contribution < -0.4 is 0 Å². The summed E-state index contributed by atoms with van der Waals surface area (Å²) in [6.07, 6.45) is 3.74. The number of hydrogen-bond donors (Lipinski definition) is 0. The number of nitrogens with zero attached hydrogens (tertiary/aromatic N) is 4. The average Bonchev–Trinajstić information content (AvgIpc) is 3.74. The average molecular weight is 743 g/mol. The molecule has 0 amide bonds. The van der Waals surface area contributed by atoms with Crippen LogP contribution in [0.2, 0.25) is 0 Å². The highest BCUT2D eigenvalue weighted by Crippen LogP contribution is 2.56. The summed E-state index contributed by atoms with van der Waals surface area (Å²) in [6, 6.07) is 59.3. The van der Waals surface area contributed by atoms with Gasteiger partial charge in [-0.25, -0.2) is 9.97 Å². The molecule has 10 aromatic rings. The lowest BCUT2D eigenvalue weighted by atomic mass is 9.79. The van der Waals surface area contributed by atoms with Crippen molar-refractivity contribution < 1.29 is 0 Å². The molecule has 0 fully saturated rings. The molecule has 4 heteroatoms. The minimum Gasteiger partial charge on any atom is -0.309 e. The van der Waals surface area contributed by atoms with Crippen molar-refractivity contribution in [1.29, 1.82) is 0 Å². The van der Waals surface area contributed by atoms with Crippen molar-refractivity contribution in [2.75, 3.05) is 0 Å². The van der Waals surface area contributed by atoms with E-state index < -0.39 is 0 Å². The zero-order chi connectivity index (χ0) is 38.5. The molecular weight excluding hydrogens is 705 g/mol. The fourth-order valence-electron chi connectivity index (χ4n) is 10.0. The minimum absolute atomic E-state index is 0.219. The molecule has 0 saturated heterocycles. The van der Waals surface area contributed by atoms with Crippen molar-refractivity contribution in [2.45, 2.75) is 32.1 Å². The van der Waals surface area contributed by atoms with E-state index >= 15 is 0 Å². The third-order valence-corrected chi connectivity index (χ3v) is 12.7. The van der Waals surface area contributed by atoms with Crippen LogP contribution in [0.5, 0.6) is 0 Å². The third-order valence-electron chi connectivity index (χ3n) is 12.7. The molecule has 0 N–H and O–H groups in total. The highest BCUT2D eigenvalue weighted by atomic mass is 15.0. The van der Waals surface area contributed by atoms with E-state index in [-0.39, 0.29) is 5.41 Å². The number of fused-ring (bicyclic) bond motifs is 12. The Kier molecular flexibility index (Phi) is 7.07. The normalized spacial score (nSPS) is 13.7. The van der Waals surface area contributed by atoms with Crippen LogP contribution in [0.4, 0.5) is 0 Å². The topological polar surface area (TPSA) is 43.6 Å². The van der Waals surface area contributed by atoms with Crippen molar-refractivity contribution in [3.05, 3.63) is 203 Å². The third kappa shape index (κ3) is 4.85. The first-order valence-electron chi connectivity index (χ1n) is 20.2. The van der Waals surface area contributed by atoms with Crippen LogP contribution in [0.3, 0.4) is 0 Å². The van der Waals surface area contributed by atoms with Gasteiger partial charge in [-0.05, 0) is 117 Å². The van der Waals surface area contributed by atoms with E-state index in [0.717, 1.165) is 46.7 Å². The molecule has 7 aromatic carbocycles. The van der Waals surface area contributed by atoms with Crippen LogP contribution in [0.15, 0.2) is 170 Å². The molecule has 0 radical (unpaired) electrons. The lowest BCUT2D eigenvalue weighted by molar-refractivity contribution is 0.664. The molecule has 0 bridgehead atoms. The summed E-state index contributed by atoms with van der Waals surface area (Å²) in [7, 11) is 0. The fraction of sp³-hybridized carbons (Fsp3) is 0.0926. The van der Waals surface area contributed by atoms with Gasteiger partial charge in [-0.2, -0.15) is 0 Å². The monoisotopic (exact) mass is 742 g/mol. The Bertz CT molecular complexity index is 3230. The minimum atomic E-state index is -0.219. The van der Waals surface area contributed by atoms with Gasteiger partial charge in [0.1, 0.15) is 0 Å². The number of rotatable bonds is 4. The lowest BCUT2D eigenvalue weighted by Crippen LogP contribution is -2.16. The van der Waals surface area contributed by atoms with Crippen molar-refractivity contribution in [2.24, 2.45) is 0 Å². The zero-order valence-corrected chi connectivity index (χ0v) is 32.4. The summed E-state index contributed by atoms with van der Waals surface area (Å²) in [5, 5.41) is 5.31. The van der Waals surface area contributed by atoms with Gasteiger partial charge in [-0.3, -0.25) is 4.98 Å². The van der Waals surface area contributed by atoms with E-state index in [2.05, 4.69) is 151 Å². The van der Waals surface area contributed by atoms with Gasteiger partial charge in [-0.1, -0.05) is 129 Å². The summed E-state index contributed by atoms with van der Waals surface area (Å²) < 4.78 is 2.53. The predicted octanol–water partition coefficient (Wildman–Crippen LogP) is 12.9. The van der Waals surface area contributed by atoms with E-state index in [0.29, 0.717) is 5.82 Å². The van der Waals surface area contributed by atoms with Crippen LogP contribution in [0, 0.1) is 0 Å². The van der Waals surface area contributed by atoms with Gasteiger partial charge in [0.15, 0.2) is 5.82 Å². The van der Waals surface area contributed by atoms with Crippen molar-refractivity contribution >= 4 is 32.6 Å². The molecule has 2 aliphatic rings. The molecule has 3 heterocycles. The van der Waals surface area contributed by atoms with Gasteiger partial charge in [0.25, 0.3) is 0 Å². The highest BCUT2D eigenvalue weighted by Gasteiger charge is 2.40. The molecule has 0 atom stereocenters. The lowest BCUT2D eigenvalue weighted by Gasteiger charge is -2.25. The summed E-state index contributed by atoms with van der Waals surface area (Å²) in [5.41, 5.74) is 19.1. The van der Waals surface area contributed by atoms with Gasteiger partial charge < -0.3 is 4.57 Å². The fourth-order valence-corrected chi connectivity index (χ4v) is 10.0. The molecule has 0 unspecified atom stereocenters. The Balaban J connectivity index is 1.11. The van der Waals surface area contributed by atoms with Crippen LogP contribution in [0.1, 0.15) is 47.2 Å². The molecule has 4 nitrogen and oxygen atoms in total. The summed E-state index contributed by atoms with van der Waals surface area (Å²) in [4.78, 5) is 14.7. The summed E-state index contributed by atoms with van der Waals surface area (Å²) in [5.74, 6) is 0.681. The molecule has 0 spiro atoms. The summed E-state index contributed by atoms with van der Waals surface area (Å²) in [6.45, 7) is 4.84. The first-order valence-corrected chi connectivity index (χ1v) is 20.2. The van der Waals surface area contributed by atoms with Crippen molar-refractivity contribution in [3.63, 3.8) is 0 Å². The second kappa shape index (κ2) is 12.4. The maximum atomic E-state index is 5.12. The highest BCUT2D eigenvalue weighted by molar-refractivity contribution is 6.27. The molecule has 2 aliphatic carbocycles. The SMILES string of the molecule is CC1(C)c2ccccc2-c2c1c1c(c3cc4c(cc23)Cc2ccccc2C4)c2ccccc2n1-c1ccc(-c2cc(-c3ccccn3)nc(-c3ccccc3)n2)cc1. The Morgan fingerprint density at radius 3 is 1.97 bits per heavy atom. The van der Waals surface area contributed by atoms with Crippen LogP contribution in [0.25, 0.3) is 83.4 Å². The Morgan fingerprint density at radius 2 is 1.19 bits per heavy atom. The zero-order valence-electron chi connectivity index (χ0n) is 32.4. The number of pyridine rings is 1. The number of para-hydroxylation sites is 1. The molecule has 0 aliphatic heterocycles. The van der Waals surface area contributed by atoms with Crippen LogP contribution in [-0.4, -0.2) is 19.5 Å². The smallest absolute Gasteiger partial charge is 0.160 e. The maximum Gasteiger partial charge on any atom is 0.160 e. The Hall–Kier alpha value is -7.17. The first kappa shape index (κ1) is 33.0. The van der Waals surface area contributed by atoms with Gasteiger partial charge in [0.05, 0.1) is 28.1 Å². The number of hydrogen-bond acceptors (Lipinski definition) is 3. The molecule has 58 heavy (non-hydrogen) atoms. The Labute approximate surface area is 337 Å². The predicted molar refractivity (Wildman–Crippen MR) is 238 cm³/mol. The molecule has 274 valence electrons. The molecule has 3 aromatic heterocycles. The maximum absolute atomic E-state index is 5.12. The summed E-state index contributed by atoms with van der Waals surface area (Å²) >= 11 is 0. The van der Waals surface area contributed by atoms with Gasteiger partial charge in [0, 0.05) is 39.2 Å². The van der Waals surface area contributed by atoms with Gasteiger partial charge >= 0.3 is 0 Å². The van der Waals surface area contributed by atoms with Crippen molar-refractivity contribution in [1.82, 2.24) is 19.5 Å². The Morgan fingerprint density at radius 1 is 0.517 bits per heavy atom. The second-order valence-corrected chi connectivity index (χ2v) is 16.4. The van der Waals surface area contributed by atoms with E-state index in [1.165, 1.54) is 77.1 Å². The van der Waals surface area contributed by atoms with E-state index in [4.69, 9.17) is 9.97 Å². The van der Waals surface area contributed by atoms with Crippen LogP contribution in [-0.2, 0) is 18.3 Å². The van der Waals surface area contributed by atoms with Gasteiger partial charge in [0.2, 0.25) is 0 Å². The molecule has 12 rings (SSSR count). The number of aromatic nitrogens is 4. The van der Waals surface area contributed by atoms with Crippen LogP contribution >= 0.6 is 0 Å². The van der Waals surface area contributed by atoms with Gasteiger partial charge in [-0.15, -0.1) is 0 Å². The largest absolute Gasteiger partial charge is 0.309 e. The quantitative estimate of drug-likeness (QED) is 0.180. The van der Waals surface area contributed by atoms with E-state index in [1.807, 2.05) is 42.6 Å². The first-order chi connectivity index (χ1) is 28.5. The standard InChI is InChI=1S/C54H38N4/c1-54(2)44-20-10-8-18-40(44)49-42-30-37-28-35-16-6-7-17-36(35)29-38(37)31-43(42)50-41-19-9-11-22-48(41)58(52(50)51(49)54)39-25-23-33(24-26-39)46-32-47(45-21-12-13-27-55-45)57-53(56-46)34-14-4-3-5-15-34/h3-27,30-32H,28-29H2,1-2H3. The van der Waals surface area contributed by atoms with E-state index in [1.54, 1.807) is 0 Å². The second-order valence-electron chi connectivity index (χ2n) is 16.4. The molecular formula is C54H38N4. The number of benzene rings is 7. The molecule has 0 saturated carbocycles.